The number of fused-ring (bicyclic) bond motifs is 3. The molecule has 5 rings (SSSR count). The largest absolute Gasteiger partial charge is 0.380 e. The van der Waals surface area contributed by atoms with Gasteiger partial charge in [-0.15, -0.1) is 0 Å². The van der Waals surface area contributed by atoms with E-state index in [9.17, 15) is 14.5 Å². The fourth-order valence-corrected chi connectivity index (χ4v) is 4.51. The minimum Gasteiger partial charge on any atom is -0.380 e. The Morgan fingerprint density at radius 1 is 1.27 bits per heavy atom. The molecule has 1 unspecified atom stereocenters. The van der Waals surface area contributed by atoms with Gasteiger partial charge >= 0.3 is 5.69 Å². The number of nitrogens with one attached hydrogen (secondary N) is 1. The van der Waals surface area contributed by atoms with Gasteiger partial charge < -0.3 is 14.6 Å². The topological polar surface area (TPSA) is 95.1 Å². The minimum atomic E-state index is -0.876. The smallest absolute Gasteiger partial charge is 0.306 e. The third-order valence-corrected chi connectivity index (χ3v) is 6.15. The van der Waals surface area contributed by atoms with Crippen LogP contribution in [0.1, 0.15) is 17.7 Å². The van der Waals surface area contributed by atoms with Crippen LogP contribution in [0.2, 0.25) is 0 Å². The van der Waals surface area contributed by atoms with Crippen LogP contribution >= 0.6 is 0 Å². The summed E-state index contributed by atoms with van der Waals surface area (Å²) in [4.78, 5) is 19.4. The highest BCUT2D eigenvalue weighted by Gasteiger charge is 2.26. The van der Waals surface area contributed by atoms with E-state index in [4.69, 9.17) is 9.72 Å². The molecule has 0 saturated carbocycles. The zero-order valence-corrected chi connectivity index (χ0v) is 18.2. The number of nitro benzene ring substituents is 1. The first-order valence-electron chi connectivity index (χ1n) is 10.6. The Bertz CT molecular complexity index is 1380. The second-order valence-corrected chi connectivity index (χ2v) is 8.11. The van der Waals surface area contributed by atoms with Gasteiger partial charge in [0.25, 0.3) is 0 Å². The molecule has 33 heavy (non-hydrogen) atoms. The Morgan fingerprint density at radius 2 is 2.09 bits per heavy atom. The SMILES string of the molecule is COC1CCc2c(-c3ccnc(Nc4cc([N+](=O)[O-])c(F)cc4C)n3)c3ccccc3n2C1. The lowest BCUT2D eigenvalue weighted by molar-refractivity contribution is -0.387. The summed E-state index contributed by atoms with van der Waals surface area (Å²) in [6.45, 7) is 2.45. The third-order valence-electron chi connectivity index (χ3n) is 6.15. The van der Waals surface area contributed by atoms with E-state index in [2.05, 4.69) is 27.0 Å². The lowest BCUT2D eigenvalue weighted by Gasteiger charge is -2.25. The molecule has 0 amide bonds. The fourth-order valence-electron chi connectivity index (χ4n) is 4.51. The number of anilines is 2. The van der Waals surface area contributed by atoms with Crippen LogP contribution in [-0.2, 0) is 17.7 Å². The third kappa shape index (κ3) is 3.70. The summed E-state index contributed by atoms with van der Waals surface area (Å²) in [7, 11) is 1.74. The summed E-state index contributed by atoms with van der Waals surface area (Å²) >= 11 is 0. The molecule has 0 fully saturated rings. The van der Waals surface area contributed by atoms with E-state index < -0.39 is 16.4 Å². The average Bonchev–Trinajstić information content (AvgIpc) is 3.14. The van der Waals surface area contributed by atoms with Crippen LogP contribution < -0.4 is 5.32 Å². The Balaban J connectivity index is 1.58. The molecule has 0 aliphatic carbocycles. The van der Waals surface area contributed by atoms with Crippen molar-refractivity contribution in [2.24, 2.45) is 0 Å². The lowest BCUT2D eigenvalue weighted by Crippen LogP contribution is -2.26. The second kappa shape index (κ2) is 8.25. The maximum absolute atomic E-state index is 13.9. The normalized spacial score (nSPS) is 15.4. The van der Waals surface area contributed by atoms with E-state index >= 15 is 0 Å². The fraction of sp³-hybridized carbons (Fsp3) is 0.250. The number of aryl methyl sites for hydroxylation is 1. The van der Waals surface area contributed by atoms with Crippen LogP contribution in [0.3, 0.4) is 0 Å². The Morgan fingerprint density at radius 3 is 2.88 bits per heavy atom. The van der Waals surface area contributed by atoms with Gasteiger partial charge in [-0.05, 0) is 43.5 Å². The van der Waals surface area contributed by atoms with Gasteiger partial charge in [0, 0.05) is 48.1 Å². The molecule has 2 aromatic carbocycles. The van der Waals surface area contributed by atoms with Gasteiger partial charge in [0.2, 0.25) is 11.8 Å². The molecule has 0 saturated heterocycles. The van der Waals surface area contributed by atoms with Gasteiger partial charge in [-0.2, -0.15) is 4.39 Å². The van der Waals surface area contributed by atoms with Crippen molar-refractivity contribution in [2.75, 3.05) is 12.4 Å². The molecule has 1 atom stereocenters. The summed E-state index contributed by atoms with van der Waals surface area (Å²) in [5.74, 6) is -0.592. The van der Waals surface area contributed by atoms with Gasteiger partial charge in [-0.25, -0.2) is 9.97 Å². The van der Waals surface area contributed by atoms with Gasteiger partial charge in [0.1, 0.15) is 0 Å². The highest BCUT2D eigenvalue weighted by molar-refractivity contribution is 5.97. The van der Waals surface area contributed by atoms with Crippen molar-refractivity contribution in [3.05, 3.63) is 75.9 Å². The van der Waals surface area contributed by atoms with Crippen molar-refractivity contribution < 1.29 is 14.1 Å². The van der Waals surface area contributed by atoms with Crippen LogP contribution in [0.4, 0.5) is 21.7 Å². The quantitative estimate of drug-likeness (QED) is 0.335. The average molecular weight is 447 g/mol. The number of aromatic nitrogens is 3. The number of hydrogen-bond donors (Lipinski definition) is 1. The van der Waals surface area contributed by atoms with Crippen LogP contribution in [0.15, 0.2) is 48.7 Å². The molecule has 1 aliphatic rings. The summed E-state index contributed by atoms with van der Waals surface area (Å²) < 4.78 is 21.8. The Labute approximate surface area is 189 Å². The summed E-state index contributed by atoms with van der Waals surface area (Å²) in [5, 5.41) is 15.3. The van der Waals surface area contributed by atoms with Crippen molar-refractivity contribution >= 4 is 28.2 Å². The monoisotopic (exact) mass is 447 g/mol. The highest BCUT2D eigenvalue weighted by atomic mass is 19.1. The molecular weight excluding hydrogens is 425 g/mol. The number of para-hydroxylation sites is 1. The first-order valence-corrected chi connectivity index (χ1v) is 10.6. The summed E-state index contributed by atoms with van der Waals surface area (Å²) in [5.41, 5.74) is 4.43. The van der Waals surface area contributed by atoms with Crippen molar-refractivity contribution in [2.45, 2.75) is 32.4 Å². The standard InChI is InChI=1S/C24H22FN5O3/c1-14-11-17(25)22(30(31)32)12-19(14)28-24-26-10-9-18(27-24)23-16-5-3-4-6-20(16)29-13-15(33-2)7-8-21(23)29/h3-6,9-12,15H,7-8,13H2,1-2H3,(H,26,27,28). The molecule has 1 aliphatic heterocycles. The zero-order valence-electron chi connectivity index (χ0n) is 18.2. The molecule has 9 heteroatoms. The second-order valence-electron chi connectivity index (χ2n) is 8.11. The number of methoxy groups -OCH3 is 1. The molecular formula is C24H22FN5O3. The predicted molar refractivity (Wildman–Crippen MR) is 123 cm³/mol. The number of nitrogens with zero attached hydrogens (tertiary/aromatic N) is 4. The van der Waals surface area contributed by atoms with Crippen molar-refractivity contribution in [1.82, 2.24) is 14.5 Å². The van der Waals surface area contributed by atoms with E-state index in [1.165, 1.54) is 11.8 Å². The first kappa shape index (κ1) is 21.0. The van der Waals surface area contributed by atoms with Crippen molar-refractivity contribution in [1.29, 1.82) is 0 Å². The molecule has 0 spiro atoms. The number of ether oxygens (including phenoxy) is 1. The lowest BCUT2D eigenvalue weighted by atomic mass is 10.0. The van der Waals surface area contributed by atoms with E-state index in [1.54, 1.807) is 20.2 Å². The Hall–Kier alpha value is -3.85. The van der Waals surface area contributed by atoms with E-state index in [-0.39, 0.29) is 12.1 Å². The van der Waals surface area contributed by atoms with E-state index in [0.717, 1.165) is 47.6 Å². The number of hydrogen-bond acceptors (Lipinski definition) is 6. The van der Waals surface area contributed by atoms with Gasteiger partial charge in [0.05, 0.1) is 22.4 Å². The zero-order chi connectivity index (χ0) is 23.1. The molecule has 3 heterocycles. The molecule has 0 radical (unpaired) electrons. The molecule has 1 N–H and O–H groups in total. The molecule has 8 nitrogen and oxygen atoms in total. The van der Waals surface area contributed by atoms with E-state index in [0.29, 0.717) is 11.3 Å². The van der Waals surface area contributed by atoms with Gasteiger partial charge in [0.15, 0.2) is 0 Å². The van der Waals surface area contributed by atoms with Crippen LogP contribution in [0.5, 0.6) is 0 Å². The number of halogens is 1. The molecule has 2 aromatic heterocycles. The highest BCUT2D eigenvalue weighted by Crippen LogP contribution is 2.38. The Kier molecular flexibility index (Phi) is 5.26. The molecule has 0 bridgehead atoms. The minimum absolute atomic E-state index is 0.168. The number of rotatable bonds is 5. The summed E-state index contributed by atoms with van der Waals surface area (Å²) in [6.07, 6.45) is 3.60. The molecule has 4 aromatic rings. The van der Waals surface area contributed by atoms with Gasteiger partial charge in [-0.1, -0.05) is 18.2 Å². The van der Waals surface area contributed by atoms with Crippen LogP contribution in [-0.4, -0.2) is 32.7 Å². The van der Waals surface area contributed by atoms with E-state index in [1.807, 2.05) is 18.2 Å². The summed E-state index contributed by atoms with van der Waals surface area (Å²) in [6, 6.07) is 12.4. The number of benzene rings is 2. The maximum Gasteiger partial charge on any atom is 0.306 e. The van der Waals surface area contributed by atoms with Crippen LogP contribution in [0.25, 0.3) is 22.2 Å². The number of nitro groups is 1. The first-order chi connectivity index (χ1) is 16.0. The predicted octanol–water partition coefficient (Wildman–Crippen LogP) is 5.16. The van der Waals surface area contributed by atoms with Gasteiger partial charge in [-0.3, -0.25) is 10.1 Å². The van der Waals surface area contributed by atoms with Crippen molar-refractivity contribution in [3.63, 3.8) is 0 Å². The maximum atomic E-state index is 13.9. The van der Waals surface area contributed by atoms with Crippen molar-refractivity contribution in [3.8, 4) is 11.3 Å². The molecule has 168 valence electrons. The van der Waals surface area contributed by atoms with Crippen LogP contribution in [0, 0.1) is 22.9 Å².